The van der Waals surface area contributed by atoms with Crippen LogP contribution in [-0.4, -0.2) is 54.7 Å². The highest BCUT2D eigenvalue weighted by Crippen LogP contribution is 2.35. The van der Waals surface area contributed by atoms with Gasteiger partial charge in [0.25, 0.3) is 0 Å². The van der Waals surface area contributed by atoms with Crippen LogP contribution in [0.1, 0.15) is 25.7 Å². The Labute approximate surface area is 208 Å². The van der Waals surface area contributed by atoms with Crippen LogP contribution in [0, 0.1) is 0 Å². The minimum atomic E-state index is -3.86. The van der Waals surface area contributed by atoms with Crippen molar-refractivity contribution in [3.05, 3.63) is 48.0 Å². The summed E-state index contributed by atoms with van der Waals surface area (Å²) >= 11 is 6.04. The molecule has 2 aromatic heterocycles. The summed E-state index contributed by atoms with van der Waals surface area (Å²) in [5.74, 6) is 0.780. The monoisotopic (exact) mass is 520 g/mol. The van der Waals surface area contributed by atoms with E-state index in [-0.39, 0.29) is 37.0 Å². The number of halogens is 1. The third-order valence-corrected chi connectivity index (χ3v) is 6.60. The summed E-state index contributed by atoms with van der Waals surface area (Å²) in [5, 5.41) is 0.533. The third-order valence-electron chi connectivity index (χ3n) is 5.25. The van der Waals surface area contributed by atoms with Gasteiger partial charge in [-0.2, -0.15) is 23.1 Å². The fraction of sp³-hybridized carbons (Fsp3) is 0.364. The largest absolute Gasteiger partial charge is 0.494 e. The van der Waals surface area contributed by atoms with Crippen LogP contribution >= 0.6 is 11.6 Å². The van der Waals surface area contributed by atoms with Crippen LogP contribution in [-0.2, 0) is 10.2 Å². The Kier molecular flexibility index (Phi) is 8.16. The first kappa shape index (κ1) is 24.9. The molecule has 0 bridgehead atoms. The fourth-order valence-corrected chi connectivity index (χ4v) is 4.88. The van der Waals surface area contributed by atoms with Gasteiger partial charge in [-0.15, -0.1) is 0 Å². The number of methoxy groups -OCH3 is 1. The van der Waals surface area contributed by atoms with Crippen molar-refractivity contribution in [2.75, 3.05) is 25.0 Å². The lowest BCUT2D eigenvalue weighted by Gasteiger charge is -2.17. The van der Waals surface area contributed by atoms with E-state index in [1.54, 1.807) is 24.3 Å². The molecular formula is C22H25ClN6O5S. The summed E-state index contributed by atoms with van der Waals surface area (Å²) in [6.45, 7) is 0.222. The number of rotatable bonds is 11. The SMILES string of the molecule is COc1cnc(OCCOc2ncnc(NS(=O)(=O)NC3CCCC3)c2-c2ccc(Cl)cc2)nc1. The van der Waals surface area contributed by atoms with Crippen LogP contribution in [0.5, 0.6) is 17.6 Å². The second-order valence-corrected chi connectivity index (χ2v) is 9.60. The first-order chi connectivity index (χ1) is 16.9. The van der Waals surface area contributed by atoms with E-state index in [9.17, 15) is 8.42 Å². The molecule has 0 atom stereocenters. The van der Waals surface area contributed by atoms with Crippen molar-refractivity contribution in [1.82, 2.24) is 24.7 Å². The number of hydrogen-bond acceptors (Lipinski definition) is 9. The smallest absolute Gasteiger partial charge is 0.316 e. The van der Waals surface area contributed by atoms with Crippen molar-refractivity contribution < 1.29 is 22.6 Å². The predicted octanol–water partition coefficient (Wildman–Crippen LogP) is 3.24. The molecule has 1 aliphatic carbocycles. The van der Waals surface area contributed by atoms with Crippen molar-refractivity contribution in [3.8, 4) is 28.8 Å². The highest BCUT2D eigenvalue weighted by Gasteiger charge is 2.24. The first-order valence-corrected chi connectivity index (χ1v) is 12.8. The summed E-state index contributed by atoms with van der Waals surface area (Å²) in [5.41, 5.74) is 1.00. The topological polar surface area (TPSA) is 137 Å². The van der Waals surface area contributed by atoms with Gasteiger partial charge in [0.15, 0.2) is 11.6 Å². The van der Waals surface area contributed by atoms with Crippen molar-refractivity contribution in [2.24, 2.45) is 0 Å². The minimum Gasteiger partial charge on any atom is -0.494 e. The van der Waals surface area contributed by atoms with Crippen LogP contribution in [0.3, 0.4) is 0 Å². The molecule has 1 aromatic carbocycles. The van der Waals surface area contributed by atoms with Crippen molar-refractivity contribution in [1.29, 1.82) is 0 Å². The Bertz CT molecular complexity index is 1220. The molecule has 0 radical (unpaired) electrons. The number of hydrogen-bond donors (Lipinski definition) is 2. The Morgan fingerprint density at radius 3 is 2.37 bits per heavy atom. The number of nitrogens with one attached hydrogen (secondary N) is 2. The lowest BCUT2D eigenvalue weighted by molar-refractivity contribution is 0.201. The van der Waals surface area contributed by atoms with E-state index in [1.165, 1.54) is 25.8 Å². The summed E-state index contributed by atoms with van der Waals surface area (Å²) in [6.07, 6.45) is 7.82. The second kappa shape index (κ2) is 11.5. The zero-order valence-corrected chi connectivity index (χ0v) is 20.6. The molecule has 0 amide bonds. The maximum atomic E-state index is 12.8. The van der Waals surface area contributed by atoms with E-state index in [0.717, 1.165) is 25.7 Å². The number of aromatic nitrogens is 4. The molecule has 13 heteroatoms. The normalized spacial score (nSPS) is 14.0. The van der Waals surface area contributed by atoms with Gasteiger partial charge in [0.05, 0.1) is 25.1 Å². The average molecular weight is 521 g/mol. The molecule has 0 spiro atoms. The molecule has 2 heterocycles. The summed E-state index contributed by atoms with van der Waals surface area (Å²) in [4.78, 5) is 16.4. The third kappa shape index (κ3) is 6.90. The Hall–Kier alpha value is -3.22. The first-order valence-electron chi connectivity index (χ1n) is 11.0. The van der Waals surface area contributed by atoms with Crippen LogP contribution in [0.15, 0.2) is 43.0 Å². The number of ether oxygens (including phenoxy) is 3. The number of anilines is 1. The second-order valence-electron chi connectivity index (χ2n) is 7.72. The predicted molar refractivity (Wildman–Crippen MR) is 130 cm³/mol. The van der Waals surface area contributed by atoms with E-state index in [2.05, 4.69) is 29.4 Å². The quantitative estimate of drug-likeness (QED) is 0.365. The van der Waals surface area contributed by atoms with Crippen molar-refractivity contribution in [2.45, 2.75) is 31.7 Å². The van der Waals surface area contributed by atoms with Gasteiger partial charge in [-0.05, 0) is 30.5 Å². The van der Waals surface area contributed by atoms with Crippen LogP contribution in [0.4, 0.5) is 5.82 Å². The van der Waals surface area contributed by atoms with Gasteiger partial charge in [0.1, 0.15) is 19.5 Å². The van der Waals surface area contributed by atoms with Crippen molar-refractivity contribution >= 4 is 27.6 Å². The van der Waals surface area contributed by atoms with E-state index < -0.39 is 10.2 Å². The molecule has 0 aliphatic heterocycles. The minimum absolute atomic E-state index is 0.0854. The summed E-state index contributed by atoms with van der Waals surface area (Å²) in [7, 11) is -2.34. The zero-order chi connectivity index (χ0) is 24.7. The van der Waals surface area contributed by atoms with Gasteiger partial charge < -0.3 is 14.2 Å². The molecule has 2 N–H and O–H groups in total. The Morgan fingerprint density at radius 1 is 1.00 bits per heavy atom. The Morgan fingerprint density at radius 2 is 1.69 bits per heavy atom. The highest BCUT2D eigenvalue weighted by molar-refractivity contribution is 7.90. The zero-order valence-electron chi connectivity index (χ0n) is 19.0. The number of nitrogens with zero attached hydrogens (tertiary/aromatic N) is 4. The maximum absolute atomic E-state index is 12.8. The molecule has 3 aromatic rings. The highest BCUT2D eigenvalue weighted by atomic mass is 35.5. The molecular weight excluding hydrogens is 496 g/mol. The summed E-state index contributed by atoms with van der Waals surface area (Å²) < 4.78 is 47.1. The molecule has 11 nitrogen and oxygen atoms in total. The molecule has 0 saturated heterocycles. The molecule has 1 aliphatic rings. The van der Waals surface area contributed by atoms with Crippen molar-refractivity contribution in [3.63, 3.8) is 0 Å². The molecule has 1 saturated carbocycles. The van der Waals surface area contributed by atoms with Gasteiger partial charge in [-0.1, -0.05) is 36.6 Å². The lowest BCUT2D eigenvalue weighted by Crippen LogP contribution is -2.37. The molecule has 186 valence electrons. The number of benzene rings is 1. The molecule has 0 unspecified atom stereocenters. The van der Waals surface area contributed by atoms with E-state index in [1.807, 2.05) is 0 Å². The lowest BCUT2D eigenvalue weighted by atomic mass is 10.1. The maximum Gasteiger partial charge on any atom is 0.316 e. The van der Waals surface area contributed by atoms with Gasteiger partial charge in [0.2, 0.25) is 5.88 Å². The van der Waals surface area contributed by atoms with Gasteiger partial charge >= 0.3 is 16.2 Å². The Balaban J connectivity index is 1.51. The standard InChI is InChI=1S/C22H25ClN6O5S/c1-32-18-12-24-22(25-13-18)34-11-10-33-21-19(15-6-8-16(23)9-7-15)20(26-14-27-21)29-35(30,31)28-17-4-2-3-5-17/h6-9,12-14,17,28H,2-5,10-11H2,1H3,(H,26,27,29). The molecule has 35 heavy (non-hydrogen) atoms. The molecule has 1 fully saturated rings. The van der Waals surface area contributed by atoms with Gasteiger partial charge in [-0.25, -0.2) is 9.97 Å². The van der Waals surface area contributed by atoms with Gasteiger partial charge in [0, 0.05) is 11.1 Å². The van der Waals surface area contributed by atoms with Crippen LogP contribution < -0.4 is 23.7 Å². The van der Waals surface area contributed by atoms with Gasteiger partial charge in [-0.3, -0.25) is 4.72 Å². The van der Waals surface area contributed by atoms with E-state index in [4.69, 9.17) is 25.8 Å². The van der Waals surface area contributed by atoms with E-state index >= 15 is 0 Å². The fourth-order valence-electron chi connectivity index (χ4n) is 3.61. The van der Waals surface area contributed by atoms with Crippen LogP contribution in [0.2, 0.25) is 5.02 Å². The average Bonchev–Trinajstić information content (AvgIpc) is 3.35. The van der Waals surface area contributed by atoms with Crippen LogP contribution in [0.25, 0.3) is 11.1 Å². The van der Waals surface area contributed by atoms with E-state index in [0.29, 0.717) is 21.9 Å². The molecule has 4 rings (SSSR count). The summed E-state index contributed by atoms with van der Waals surface area (Å²) in [6, 6.07) is 6.91.